The molecule has 0 unspecified atom stereocenters. The zero-order valence-corrected chi connectivity index (χ0v) is 7.61. The molecule has 0 atom stereocenters. The van der Waals surface area contributed by atoms with Crippen LogP contribution in [-0.2, 0) is 0 Å². The molecule has 3 nitrogen and oxygen atoms in total. The Balaban J connectivity index is 2.10. The van der Waals surface area contributed by atoms with Crippen LogP contribution in [0.25, 0.3) is 0 Å². The first kappa shape index (κ1) is 8.35. The first-order chi connectivity index (χ1) is 6.36. The molecule has 0 amide bonds. The smallest absolute Gasteiger partial charge is 0.134 e. The first-order valence-corrected chi connectivity index (χ1v) is 4.76. The molecular weight excluding hydrogens is 164 g/mol. The van der Waals surface area contributed by atoms with E-state index < -0.39 is 0 Å². The summed E-state index contributed by atoms with van der Waals surface area (Å²) in [6.07, 6.45) is 5.34. The van der Waals surface area contributed by atoms with Crippen molar-refractivity contribution < 1.29 is 5.11 Å². The molecular formula is C10H14N2O. The second-order valence-corrected chi connectivity index (χ2v) is 3.42. The third-order valence-electron chi connectivity index (χ3n) is 2.41. The van der Waals surface area contributed by atoms with Gasteiger partial charge in [0, 0.05) is 13.1 Å². The third kappa shape index (κ3) is 1.91. The lowest BCUT2D eigenvalue weighted by Gasteiger charge is -2.27. The monoisotopic (exact) mass is 178 g/mol. The van der Waals surface area contributed by atoms with Crippen LogP contribution in [0, 0.1) is 0 Å². The Morgan fingerprint density at radius 2 is 1.92 bits per heavy atom. The Labute approximate surface area is 78.0 Å². The molecule has 2 rings (SSSR count). The van der Waals surface area contributed by atoms with Crippen molar-refractivity contribution in [1.29, 1.82) is 0 Å². The van der Waals surface area contributed by atoms with Gasteiger partial charge in [-0.2, -0.15) is 0 Å². The van der Waals surface area contributed by atoms with E-state index in [1.807, 2.05) is 6.07 Å². The van der Waals surface area contributed by atoms with Crippen molar-refractivity contribution in [2.24, 2.45) is 0 Å². The van der Waals surface area contributed by atoms with Crippen LogP contribution in [0.1, 0.15) is 19.3 Å². The Hall–Kier alpha value is -1.25. The van der Waals surface area contributed by atoms with Crippen molar-refractivity contribution in [3.8, 4) is 5.75 Å². The molecule has 0 bridgehead atoms. The Bertz CT molecular complexity index is 265. The van der Waals surface area contributed by atoms with Gasteiger partial charge in [-0.15, -0.1) is 0 Å². The molecule has 1 fully saturated rings. The van der Waals surface area contributed by atoms with E-state index >= 15 is 0 Å². The third-order valence-corrected chi connectivity index (χ3v) is 2.41. The second-order valence-electron chi connectivity index (χ2n) is 3.42. The van der Waals surface area contributed by atoms with Crippen LogP contribution in [0.15, 0.2) is 18.3 Å². The number of hydrogen-bond acceptors (Lipinski definition) is 3. The van der Waals surface area contributed by atoms with Crippen LogP contribution >= 0.6 is 0 Å². The average Bonchev–Trinajstić information content (AvgIpc) is 2.20. The zero-order chi connectivity index (χ0) is 9.10. The lowest BCUT2D eigenvalue weighted by atomic mass is 10.1. The fourth-order valence-electron chi connectivity index (χ4n) is 1.69. The fourth-order valence-corrected chi connectivity index (χ4v) is 1.69. The Kier molecular flexibility index (Phi) is 2.34. The number of aromatic nitrogens is 1. The number of hydrogen-bond donors (Lipinski definition) is 1. The predicted molar refractivity (Wildman–Crippen MR) is 52.0 cm³/mol. The summed E-state index contributed by atoms with van der Waals surface area (Å²) in [5.41, 5.74) is 0. The van der Waals surface area contributed by atoms with E-state index in [2.05, 4.69) is 9.88 Å². The summed E-state index contributed by atoms with van der Waals surface area (Å²) in [6, 6.07) is 3.57. The molecule has 0 aliphatic carbocycles. The number of nitrogens with zero attached hydrogens (tertiary/aromatic N) is 2. The molecule has 2 heterocycles. The highest BCUT2D eigenvalue weighted by Gasteiger charge is 2.11. The zero-order valence-electron chi connectivity index (χ0n) is 7.61. The molecule has 1 aromatic rings. The Morgan fingerprint density at radius 3 is 2.54 bits per heavy atom. The number of aromatic hydroxyl groups is 1. The number of anilines is 1. The maximum absolute atomic E-state index is 9.07. The maximum Gasteiger partial charge on any atom is 0.134 e. The number of piperidine rings is 1. The van der Waals surface area contributed by atoms with E-state index in [4.69, 9.17) is 5.11 Å². The van der Waals surface area contributed by atoms with Crippen molar-refractivity contribution in [2.75, 3.05) is 18.0 Å². The maximum atomic E-state index is 9.07. The average molecular weight is 178 g/mol. The minimum atomic E-state index is 0.237. The van der Waals surface area contributed by atoms with E-state index in [0.717, 1.165) is 18.9 Å². The minimum Gasteiger partial charge on any atom is -0.506 e. The molecule has 0 radical (unpaired) electrons. The summed E-state index contributed by atoms with van der Waals surface area (Å²) in [5.74, 6) is 1.22. The number of pyridine rings is 1. The summed E-state index contributed by atoms with van der Waals surface area (Å²) >= 11 is 0. The predicted octanol–water partition coefficient (Wildman–Crippen LogP) is 1.78. The van der Waals surface area contributed by atoms with Crippen molar-refractivity contribution in [1.82, 2.24) is 4.98 Å². The summed E-state index contributed by atoms with van der Waals surface area (Å²) < 4.78 is 0. The quantitative estimate of drug-likeness (QED) is 0.712. The summed E-state index contributed by atoms with van der Waals surface area (Å²) in [6.45, 7) is 2.19. The molecule has 13 heavy (non-hydrogen) atoms. The van der Waals surface area contributed by atoms with Gasteiger partial charge in [-0.05, 0) is 31.4 Å². The van der Waals surface area contributed by atoms with Crippen molar-refractivity contribution >= 4 is 5.82 Å². The molecule has 1 N–H and O–H groups in total. The van der Waals surface area contributed by atoms with E-state index in [1.165, 1.54) is 25.5 Å². The molecule has 0 aromatic carbocycles. The van der Waals surface area contributed by atoms with Gasteiger partial charge in [-0.3, -0.25) is 0 Å². The van der Waals surface area contributed by atoms with E-state index in [9.17, 15) is 0 Å². The van der Waals surface area contributed by atoms with E-state index in [0.29, 0.717) is 0 Å². The number of rotatable bonds is 1. The van der Waals surface area contributed by atoms with E-state index in [1.54, 1.807) is 6.07 Å². The van der Waals surface area contributed by atoms with Crippen LogP contribution in [0.3, 0.4) is 0 Å². The van der Waals surface area contributed by atoms with Gasteiger partial charge in [0.1, 0.15) is 11.6 Å². The van der Waals surface area contributed by atoms with Gasteiger partial charge in [-0.25, -0.2) is 4.98 Å². The fraction of sp³-hybridized carbons (Fsp3) is 0.500. The lowest BCUT2D eigenvalue weighted by molar-refractivity contribution is 0.472. The molecule has 3 heteroatoms. The molecule has 1 aliphatic rings. The normalized spacial score (nSPS) is 17.4. The largest absolute Gasteiger partial charge is 0.506 e. The molecule has 0 saturated carbocycles. The highest BCUT2D eigenvalue weighted by Crippen LogP contribution is 2.18. The SMILES string of the molecule is Oc1ccc(N2CCCCC2)nc1. The van der Waals surface area contributed by atoms with Crippen LogP contribution in [0.5, 0.6) is 5.75 Å². The molecule has 1 saturated heterocycles. The summed E-state index contributed by atoms with van der Waals surface area (Å²) in [4.78, 5) is 6.44. The van der Waals surface area contributed by atoms with E-state index in [-0.39, 0.29) is 5.75 Å². The van der Waals surface area contributed by atoms with Gasteiger partial charge in [0.05, 0.1) is 6.20 Å². The standard InChI is InChI=1S/C10H14N2O/c13-9-4-5-10(11-8-9)12-6-2-1-3-7-12/h4-5,8,13H,1-3,6-7H2. The second kappa shape index (κ2) is 3.64. The van der Waals surface area contributed by atoms with Crippen LogP contribution < -0.4 is 4.90 Å². The molecule has 1 aliphatic heterocycles. The van der Waals surface area contributed by atoms with Gasteiger partial charge >= 0.3 is 0 Å². The van der Waals surface area contributed by atoms with Gasteiger partial charge in [0.15, 0.2) is 0 Å². The van der Waals surface area contributed by atoms with Crippen LogP contribution in [0.2, 0.25) is 0 Å². The lowest BCUT2D eigenvalue weighted by Crippen LogP contribution is -2.29. The van der Waals surface area contributed by atoms with Gasteiger partial charge in [0.25, 0.3) is 0 Å². The first-order valence-electron chi connectivity index (χ1n) is 4.76. The molecule has 70 valence electrons. The highest BCUT2D eigenvalue weighted by molar-refractivity contribution is 5.40. The van der Waals surface area contributed by atoms with Crippen molar-refractivity contribution in [2.45, 2.75) is 19.3 Å². The summed E-state index contributed by atoms with van der Waals surface area (Å²) in [5, 5.41) is 9.07. The minimum absolute atomic E-state index is 0.237. The molecule has 1 aromatic heterocycles. The van der Waals surface area contributed by atoms with Crippen molar-refractivity contribution in [3.63, 3.8) is 0 Å². The van der Waals surface area contributed by atoms with Gasteiger partial charge < -0.3 is 10.0 Å². The Morgan fingerprint density at radius 1 is 1.15 bits per heavy atom. The van der Waals surface area contributed by atoms with Gasteiger partial charge in [-0.1, -0.05) is 0 Å². The highest BCUT2D eigenvalue weighted by atomic mass is 16.3. The van der Waals surface area contributed by atoms with Crippen molar-refractivity contribution in [3.05, 3.63) is 18.3 Å². The molecule has 0 spiro atoms. The summed E-state index contributed by atoms with van der Waals surface area (Å²) in [7, 11) is 0. The topological polar surface area (TPSA) is 36.4 Å². The van der Waals surface area contributed by atoms with Crippen LogP contribution in [0.4, 0.5) is 5.82 Å². The van der Waals surface area contributed by atoms with Crippen LogP contribution in [-0.4, -0.2) is 23.2 Å². The van der Waals surface area contributed by atoms with Gasteiger partial charge in [0.2, 0.25) is 0 Å².